The van der Waals surface area contributed by atoms with Gasteiger partial charge in [0, 0.05) is 23.6 Å². The number of aryl methyl sites for hydroxylation is 2. The van der Waals surface area contributed by atoms with Crippen molar-refractivity contribution in [2.24, 2.45) is 0 Å². The van der Waals surface area contributed by atoms with E-state index in [9.17, 15) is 14.4 Å². The summed E-state index contributed by atoms with van der Waals surface area (Å²) in [5.41, 5.74) is 3.05. The van der Waals surface area contributed by atoms with Crippen LogP contribution in [0.1, 0.15) is 30.7 Å². The molecule has 2 aromatic heterocycles. The summed E-state index contributed by atoms with van der Waals surface area (Å²) in [7, 11) is 1.28. The molecule has 0 spiro atoms. The van der Waals surface area contributed by atoms with Crippen molar-refractivity contribution in [1.29, 1.82) is 0 Å². The number of esters is 1. The first-order valence-corrected chi connectivity index (χ1v) is 12.8. The van der Waals surface area contributed by atoms with E-state index in [-0.39, 0.29) is 11.8 Å². The van der Waals surface area contributed by atoms with Gasteiger partial charge in [0.2, 0.25) is 5.43 Å². The van der Waals surface area contributed by atoms with Crippen LogP contribution in [0.25, 0.3) is 21.5 Å². The van der Waals surface area contributed by atoms with Gasteiger partial charge in [-0.2, -0.15) is 0 Å². The molecule has 0 aliphatic rings. The highest BCUT2D eigenvalue weighted by Gasteiger charge is 2.26. The van der Waals surface area contributed by atoms with E-state index in [0.717, 1.165) is 16.8 Å². The third-order valence-electron chi connectivity index (χ3n) is 5.94. The largest absolute Gasteiger partial charge is 0.480 e. The van der Waals surface area contributed by atoms with Crippen LogP contribution in [0.3, 0.4) is 0 Å². The summed E-state index contributed by atoms with van der Waals surface area (Å²) in [6.07, 6.45) is 1.33. The molecule has 8 nitrogen and oxygen atoms in total. The van der Waals surface area contributed by atoms with Crippen LogP contribution in [0.5, 0.6) is 5.75 Å². The molecule has 4 rings (SSSR count). The zero-order valence-electron chi connectivity index (χ0n) is 21.1. The number of nitrogens with zero attached hydrogens (tertiary/aromatic N) is 1. The van der Waals surface area contributed by atoms with Gasteiger partial charge in [-0.15, -0.1) is 11.3 Å². The average Bonchev–Trinajstić information content (AvgIpc) is 3.34. The lowest BCUT2D eigenvalue weighted by atomic mass is 10.1. The van der Waals surface area contributed by atoms with Crippen LogP contribution in [0, 0.1) is 6.92 Å². The Labute approximate surface area is 218 Å². The predicted molar refractivity (Wildman–Crippen MR) is 142 cm³/mol. The fourth-order valence-corrected chi connectivity index (χ4v) is 4.73. The first-order valence-electron chi connectivity index (χ1n) is 11.9. The van der Waals surface area contributed by atoms with E-state index in [2.05, 4.69) is 10.3 Å². The highest BCUT2D eigenvalue weighted by Crippen LogP contribution is 2.29. The SMILES string of the molecule is CCc1cc2c(=O)c(-c3nc(C)cs3)coc2cc1OC(C)C(=O)NC(Cc1ccccc1)C(=O)OC. The van der Waals surface area contributed by atoms with Crippen molar-refractivity contribution < 1.29 is 23.5 Å². The standard InChI is InChI=1S/C28H28N2O6S/c1-5-19-12-20-24(35-14-21(25(20)31)27-29-16(2)15-37-27)13-23(19)36-17(3)26(32)30-22(28(33)34-4)11-18-9-7-6-8-10-18/h6-10,12-15,17,22H,5,11H2,1-4H3,(H,30,32). The number of benzene rings is 2. The zero-order valence-corrected chi connectivity index (χ0v) is 21.9. The maximum Gasteiger partial charge on any atom is 0.328 e. The van der Waals surface area contributed by atoms with E-state index in [1.54, 1.807) is 19.1 Å². The molecule has 9 heteroatoms. The number of carbonyl (C=O) groups is 2. The lowest BCUT2D eigenvalue weighted by molar-refractivity contribution is -0.145. The molecule has 1 amide bonds. The number of fused-ring (bicyclic) bond motifs is 1. The number of aromatic nitrogens is 1. The number of hydrogen-bond acceptors (Lipinski definition) is 8. The van der Waals surface area contributed by atoms with E-state index in [1.165, 1.54) is 24.7 Å². The van der Waals surface area contributed by atoms with Gasteiger partial charge in [-0.05, 0) is 37.5 Å². The minimum atomic E-state index is -0.921. The molecule has 0 radical (unpaired) electrons. The number of nitrogens with one attached hydrogen (secondary N) is 1. The van der Waals surface area contributed by atoms with Crippen molar-refractivity contribution in [3.8, 4) is 16.3 Å². The summed E-state index contributed by atoms with van der Waals surface area (Å²) in [5.74, 6) is -0.585. The molecule has 2 heterocycles. The second-order valence-electron chi connectivity index (χ2n) is 8.62. The van der Waals surface area contributed by atoms with Gasteiger partial charge in [0.25, 0.3) is 5.91 Å². The number of amides is 1. The Kier molecular flexibility index (Phi) is 8.03. The maximum absolute atomic E-state index is 13.2. The smallest absolute Gasteiger partial charge is 0.328 e. The third-order valence-corrected chi connectivity index (χ3v) is 6.94. The molecule has 2 aromatic carbocycles. The van der Waals surface area contributed by atoms with Crippen molar-refractivity contribution in [2.75, 3.05) is 7.11 Å². The van der Waals surface area contributed by atoms with Crippen LogP contribution in [0.4, 0.5) is 0 Å². The maximum atomic E-state index is 13.2. The van der Waals surface area contributed by atoms with Crippen LogP contribution in [-0.2, 0) is 27.2 Å². The van der Waals surface area contributed by atoms with Gasteiger partial charge in [-0.25, -0.2) is 9.78 Å². The van der Waals surface area contributed by atoms with Crippen molar-refractivity contribution >= 4 is 34.2 Å². The Morgan fingerprint density at radius 3 is 2.59 bits per heavy atom. The van der Waals surface area contributed by atoms with E-state index in [1.807, 2.05) is 49.6 Å². The number of carbonyl (C=O) groups excluding carboxylic acids is 2. The Hall–Kier alpha value is -3.98. The molecule has 0 saturated carbocycles. The van der Waals surface area contributed by atoms with Crippen LogP contribution >= 0.6 is 11.3 Å². The molecule has 192 valence electrons. The second-order valence-corrected chi connectivity index (χ2v) is 9.47. The topological polar surface area (TPSA) is 108 Å². The molecular weight excluding hydrogens is 492 g/mol. The second kappa shape index (κ2) is 11.4. The summed E-state index contributed by atoms with van der Waals surface area (Å²) in [6.45, 7) is 5.40. The predicted octanol–water partition coefficient (Wildman–Crippen LogP) is 4.46. The number of hydrogen-bond donors (Lipinski definition) is 1. The van der Waals surface area contributed by atoms with Gasteiger partial charge in [-0.3, -0.25) is 9.59 Å². The van der Waals surface area contributed by atoms with Gasteiger partial charge >= 0.3 is 5.97 Å². The highest BCUT2D eigenvalue weighted by atomic mass is 32.1. The Bertz CT molecular complexity index is 1480. The lowest BCUT2D eigenvalue weighted by Crippen LogP contribution is -2.47. The minimum absolute atomic E-state index is 0.176. The summed E-state index contributed by atoms with van der Waals surface area (Å²) < 4.78 is 16.6. The van der Waals surface area contributed by atoms with E-state index in [0.29, 0.717) is 33.7 Å². The third kappa shape index (κ3) is 5.89. The fourth-order valence-electron chi connectivity index (χ4n) is 3.93. The van der Waals surface area contributed by atoms with Gasteiger partial charge in [0.15, 0.2) is 6.10 Å². The van der Waals surface area contributed by atoms with Gasteiger partial charge in [0.1, 0.15) is 28.6 Å². The van der Waals surface area contributed by atoms with E-state index >= 15 is 0 Å². The van der Waals surface area contributed by atoms with E-state index < -0.39 is 24.0 Å². The van der Waals surface area contributed by atoms with Crippen molar-refractivity contribution in [1.82, 2.24) is 10.3 Å². The van der Waals surface area contributed by atoms with Crippen LogP contribution in [0.15, 0.2) is 63.3 Å². The number of methoxy groups -OCH3 is 1. The molecule has 4 aromatic rings. The summed E-state index contributed by atoms with van der Waals surface area (Å²) in [5, 5.41) is 5.63. The van der Waals surface area contributed by atoms with Crippen molar-refractivity contribution in [2.45, 2.75) is 45.8 Å². The van der Waals surface area contributed by atoms with Gasteiger partial charge < -0.3 is 19.2 Å². The minimum Gasteiger partial charge on any atom is -0.480 e. The molecule has 0 fully saturated rings. The number of thiazole rings is 1. The highest BCUT2D eigenvalue weighted by molar-refractivity contribution is 7.13. The molecular formula is C28H28N2O6S. The van der Waals surface area contributed by atoms with Gasteiger partial charge in [0.05, 0.1) is 18.1 Å². The molecule has 0 aliphatic carbocycles. The molecule has 2 atom stereocenters. The Morgan fingerprint density at radius 2 is 1.95 bits per heavy atom. The summed E-state index contributed by atoms with van der Waals surface area (Å²) >= 11 is 1.39. The number of ether oxygens (including phenoxy) is 2. The Balaban J connectivity index is 1.55. The Morgan fingerprint density at radius 1 is 1.19 bits per heavy atom. The molecule has 2 unspecified atom stereocenters. The van der Waals surface area contributed by atoms with E-state index in [4.69, 9.17) is 13.9 Å². The monoisotopic (exact) mass is 520 g/mol. The van der Waals surface area contributed by atoms with Crippen molar-refractivity contribution in [3.63, 3.8) is 0 Å². The fraction of sp³-hybridized carbons (Fsp3) is 0.286. The molecule has 37 heavy (non-hydrogen) atoms. The summed E-state index contributed by atoms with van der Waals surface area (Å²) in [6, 6.07) is 11.8. The molecule has 0 bridgehead atoms. The van der Waals surface area contributed by atoms with Crippen LogP contribution in [0.2, 0.25) is 0 Å². The first-order chi connectivity index (χ1) is 17.8. The normalized spacial score (nSPS) is 12.6. The average molecular weight is 521 g/mol. The van der Waals surface area contributed by atoms with Crippen LogP contribution < -0.4 is 15.5 Å². The molecule has 0 aliphatic heterocycles. The molecule has 0 saturated heterocycles. The number of rotatable bonds is 9. The first kappa shape index (κ1) is 26.1. The van der Waals surface area contributed by atoms with Crippen molar-refractivity contribution in [3.05, 3.63) is 81.2 Å². The zero-order chi connectivity index (χ0) is 26.5. The van der Waals surface area contributed by atoms with Gasteiger partial charge in [-0.1, -0.05) is 37.3 Å². The van der Waals surface area contributed by atoms with Crippen LogP contribution in [-0.4, -0.2) is 36.1 Å². The quantitative estimate of drug-likeness (QED) is 0.325. The lowest BCUT2D eigenvalue weighted by Gasteiger charge is -2.21. The molecule has 1 N–H and O–H groups in total. The summed E-state index contributed by atoms with van der Waals surface area (Å²) in [4.78, 5) is 42.8.